The lowest BCUT2D eigenvalue weighted by Crippen LogP contribution is -2.42. The minimum absolute atomic E-state index is 0.0373. The van der Waals surface area contributed by atoms with Crippen molar-refractivity contribution in [2.24, 2.45) is 5.92 Å². The summed E-state index contributed by atoms with van der Waals surface area (Å²) in [7, 11) is 0. The third-order valence-corrected chi connectivity index (χ3v) is 6.48. The van der Waals surface area contributed by atoms with E-state index >= 15 is 0 Å². The first kappa shape index (κ1) is 24.7. The molecule has 2 aliphatic heterocycles. The van der Waals surface area contributed by atoms with Gasteiger partial charge >= 0.3 is 0 Å². The van der Waals surface area contributed by atoms with Crippen LogP contribution < -0.4 is 15.0 Å². The van der Waals surface area contributed by atoms with Crippen molar-refractivity contribution in [3.05, 3.63) is 59.7 Å². The molecule has 0 aromatic heterocycles. The number of amides is 3. The van der Waals surface area contributed by atoms with E-state index in [1.165, 1.54) is 5.56 Å². The van der Waals surface area contributed by atoms with Crippen LogP contribution in [0.5, 0.6) is 5.75 Å². The largest absolute Gasteiger partial charge is 0.484 e. The molecule has 0 radical (unpaired) electrons. The van der Waals surface area contributed by atoms with E-state index in [0.29, 0.717) is 56.7 Å². The predicted molar refractivity (Wildman–Crippen MR) is 132 cm³/mol. The first-order chi connectivity index (χ1) is 16.9. The number of hydrogen-bond acceptors (Lipinski definition) is 5. The Bertz CT molecular complexity index is 1030. The lowest BCUT2D eigenvalue weighted by molar-refractivity contribution is -0.137. The number of carbonyl (C=O) groups is 3. The van der Waals surface area contributed by atoms with Crippen molar-refractivity contribution in [1.82, 2.24) is 10.2 Å². The van der Waals surface area contributed by atoms with Gasteiger partial charge in [0.2, 0.25) is 11.8 Å². The fraction of sp³-hybridized carbons (Fsp3) is 0.444. The molecule has 0 aliphatic carbocycles. The van der Waals surface area contributed by atoms with E-state index in [0.717, 1.165) is 5.56 Å². The summed E-state index contributed by atoms with van der Waals surface area (Å²) in [5, 5.41) is 2.96. The molecule has 2 heterocycles. The molecule has 1 atom stereocenters. The highest BCUT2D eigenvalue weighted by molar-refractivity contribution is 6.00. The van der Waals surface area contributed by atoms with Crippen LogP contribution >= 0.6 is 0 Å². The highest BCUT2D eigenvalue weighted by atomic mass is 16.5. The van der Waals surface area contributed by atoms with E-state index in [9.17, 15) is 14.4 Å². The summed E-state index contributed by atoms with van der Waals surface area (Å²) in [5.41, 5.74) is 3.00. The quantitative estimate of drug-likeness (QED) is 0.629. The molecule has 1 N–H and O–H groups in total. The summed E-state index contributed by atoms with van der Waals surface area (Å²) in [6.45, 7) is 7.30. The van der Waals surface area contributed by atoms with E-state index in [1.807, 2.05) is 12.1 Å². The molecule has 35 heavy (non-hydrogen) atoms. The Morgan fingerprint density at radius 1 is 1.06 bits per heavy atom. The molecule has 0 spiro atoms. The summed E-state index contributed by atoms with van der Waals surface area (Å²) in [6, 6.07) is 15.3. The summed E-state index contributed by atoms with van der Waals surface area (Å²) in [4.78, 5) is 40.9. The van der Waals surface area contributed by atoms with Crippen molar-refractivity contribution in [2.45, 2.75) is 32.7 Å². The van der Waals surface area contributed by atoms with Gasteiger partial charge in [0.1, 0.15) is 5.75 Å². The van der Waals surface area contributed by atoms with Gasteiger partial charge in [0.15, 0.2) is 6.61 Å². The number of nitrogens with one attached hydrogen (secondary N) is 1. The molecule has 2 saturated heterocycles. The second-order valence-corrected chi connectivity index (χ2v) is 9.30. The van der Waals surface area contributed by atoms with Gasteiger partial charge in [-0.05, 0) is 41.3 Å². The molecular weight excluding hydrogens is 446 g/mol. The topological polar surface area (TPSA) is 88.2 Å². The van der Waals surface area contributed by atoms with Crippen LogP contribution in [0, 0.1) is 5.92 Å². The minimum Gasteiger partial charge on any atom is -0.484 e. The van der Waals surface area contributed by atoms with Crippen molar-refractivity contribution in [3.63, 3.8) is 0 Å². The third-order valence-electron chi connectivity index (χ3n) is 6.48. The Hall–Kier alpha value is -3.39. The zero-order valence-corrected chi connectivity index (χ0v) is 20.4. The molecule has 2 aromatic rings. The molecule has 8 nitrogen and oxygen atoms in total. The Kier molecular flexibility index (Phi) is 8.02. The fourth-order valence-corrected chi connectivity index (χ4v) is 4.26. The summed E-state index contributed by atoms with van der Waals surface area (Å²) >= 11 is 0. The number of ether oxygens (including phenoxy) is 2. The summed E-state index contributed by atoms with van der Waals surface area (Å²) in [5.74, 6) is 0.362. The lowest BCUT2D eigenvalue weighted by Gasteiger charge is -2.26. The van der Waals surface area contributed by atoms with E-state index in [-0.39, 0.29) is 36.7 Å². The number of morpholine rings is 1. The van der Waals surface area contributed by atoms with Gasteiger partial charge in [0.05, 0.1) is 19.1 Å². The SMILES string of the molecule is CC(C)c1ccc(CNC(=O)[C@H]2CC(=O)N(c3ccc(OCC(=O)N4CCOCC4)cc3)C2)cc1. The Labute approximate surface area is 206 Å². The number of anilines is 1. The molecule has 186 valence electrons. The number of carbonyl (C=O) groups excluding carboxylic acids is 3. The van der Waals surface area contributed by atoms with Gasteiger partial charge in [0, 0.05) is 38.3 Å². The Morgan fingerprint density at radius 3 is 2.40 bits per heavy atom. The number of hydrogen-bond donors (Lipinski definition) is 1. The number of benzene rings is 2. The van der Waals surface area contributed by atoms with E-state index in [2.05, 4.69) is 31.3 Å². The highest BCUT2D eigenvalue weighted by Gasteiger charge is 2.35. The average Bonchev–Trinajstić information content (AvgIpc) is 3.28. The summed E-state index contributed by atoms with van der Waals surface area (Å²) < 4.78 is 10.9. The second kappa shape index (κ2) is 11.4. The molecule has 8 heteroatoms. The van der Waals surface area contributed by atoms with Crippen LogP contribution in [0.4, 0.5) is 5.69 Å². The molecule has 2 aliphatic rings. The molecule has 2 fully saturated rings. The van der Waals surface area contributed by atoms with Crippen LogP contribution in [0.25, 0.3) is 0 Å². The number of rotatable bonds is 8. The summed E-state index contributed by atoms with van der Waals surface area (Å²) in [6.07, 6.45) is 0.185. The standard InChI is InChI=1S/C27H33N3O5/c1-19(2)21-5-3-20(4-6-21)16-28-27(33)22-15-25(31)30(17-22)23-7-9-24(10-8-23)35-18-26(32)29-11-13-34-14-12-29/h3-10,19,22H,11-18H2,1-2H3,(H,28,33)/t22-/m0/s1. The zero-order chi connectivity index (χ0) is 24.8. The van der Waals surface area contributed by atoms with Gasteiger partial charge in [-0.2, -0.15) is 0 Å². The molecule has 0 bridgehead atoms. The Morgan fingerprint density at radius 2 is 1.74 bits per heavy atom. The minimum atomic E-state index is -0.389. The maximum Gasteiger partial charge on any atom is 0.260 e. The van der Waals surface area contributed by atoms with Crippen LogP contribution in [0.1, 0.15) is 37.3 Å². The van der Waals surface area contributed by atoms with Crippen molar-refractivity contribution < 1.29 is 23.9 Å². The van der Waals surface area contributed by atoms with Crippen LogP contribution in [0.2, 0.25) is 0 Å². The smallest absolute Gasteiger partial charge is 0.260 e. The molecule has 4 rings (SSSR count). The molecule has 0 saturated carbocycles. The monoisotopic (exact) mass is 479 g/mol. The zero-order valence-electron chi connectivity index (χ0n) is 20.4. The van der Waals surface area contributed by atoms with E-state index in [4.69, 9.17) is 9.47 Å². The van der Waals surface area contributed by atoms with Crippen molar-refractivity contribution in [3.8, 4) is 5.75 Å². The maximum atomic E-state index is 12.7. The van der Waals surface area contributed by atoms with Gasteiger partial charge in [-0.25, -0.2) is 0 Å². The van der Waals surface area contributed by atoms with E-state index in [1.54, 1.807) is 34.1 Å². The molecule has 0 unspecified atom stereocenters. The van der Waals surface area contributed by atoms with Crippen LogP contribution in [-0.4, -0.2) is 62.1 Å². The third kappa shape index (κ3) is 6.39. The Balaban J connectivity index is 1.26. The lowest BCUT2D eigenvalue weighted by atomic mass is 10.0. The van der Waals surface area contributed by atoms with Crippen LogP contribution in [0.15, 0.2) is 48.5 Å². The maximum absolute atomic E-state index is 12.7. The normalized spacial score (nSPS) is 18.1. The first-order valence-electron chi connectivity index (χ1n) is 12.2. The van der Waals surface area contributed by atoms with Gasteiger partial charge < -0.3 is 24.6 Å². The fourth-order valence-electron chi connectivity index (χ4n) is 4.26. The average molecular weight is 480 g/mol. The number of nitrogens with zero attached hydrogens (tertiary/aromatic N) is 2. The predicted octanol–water partition coefficient (Wildman–Crippen LogP) is 2.72. The van der Waals surface area contributed by atoms with Gasteiger partial charge in [-0.3, -0.25) is 14.4 Å². The molecule has 3 amide bonds. The van der Waals surface area contributed by atoms with Crippen LogP contribution in [-0.2, 0) is 25.7 Å². The van der Waals surface area contributed by atoms with Crippen molar-refractivity contribution in [2.75, 3.05) is 44.4 Å². The first-order valence-corrected chi connectivity index (χ1v) is 12.2. The van der Waals surface area contributed by atoms with Gasteiger partial charge in [-0.1, -0.05) is 38.1 Å². The van der Waals surface area contributed by atoms with E-state index < -0.39 is 0 Å². The van der Waals surface area contributed by atoms with Crippen molar-refractivity contribution in [1.29, 1.82) is 0 Å². The molecular formula is C27H33N3O5. The second-order valence-electron chi connectivity index (χ2n) is 9.30. The van der Waals surface area contributed by atoms with Crippen molar-refractivity contribution >= 4 is 23.4 Å². The highest BCUT2D eigenvalue weighted by Crippen LogP contribution is 2.27. The van der Waals surface area contributed by atoms with Gasteiger partial charge in [0.25, 0.3) is 5.91 Å². The van der Waals surface area contributed by atoms with Gasteiger partial charge in [-0.15, -0.1) is 0 Å². The molecule has 2 aromatic carbocycles. The van der Waals surface area contributed by atoms with Crippen LogP contribution in [0.3, 0.4) is 0 Å².